The summed E-state index contributed by atoms with van der Waals surface area (Å²) in [6.45, 7) is 7.15. The Kier molecular flexibility index (Phi) is 3.99. The molecule has 3 rings (SSSR count). The van der Waals surface area contributed by atoms with Crippen molar-refractivity contribution in [3.05, 3.63) is 35.4 Å². The molecule has 106 valence electrons. The summed E-state index contributed by atoms with van der Waals surface area (Å²) in [6, 6.07) is 9.13. The minimum Gasteiger partial charge on any atom is -0.324 e. The third-order valence-corrected chi connectivity index (χ3v) is 5.24. The molecule has 0 radical (unpaired) electrons. The molecule has 0 heterocycles. The van der Waals surface area contributed by atoms with Gasteiger partial charge in [0.25, 0.3) is 0 Å². The van der Waals surface area contributed by atoms with Gasteiger partial charge in [-0.25, -0.2) is 0 Å². The number of benzene rings is 1. The fourth-order valence-corrected chi connectivity index (χ4v) is 4.46. The van der Waals surface area contributed by atoms with Crippen molar-refractivity contribution < 1.29 is 0 Å². The predicted octanol–water partition coefficient (Wildman–Crippen LogP) is 4.67. The minimum atomic E-state index is 0. The maximum absolute atomic E-state index is 6.59. The van der Waals surface area contributed by atoms with Crippen LogP contribution in [0.15, 0.2) is 24.3 Å². The monoisotopic (exact) mass is 279 g/mol. The molecule has 4 atom stereocenters. The molecule has 1 nitrogen and oxygen atoms in total. The van der Waals surface area contributed by atoms with Crippen molar-refractivity contribution in [2.24, 2.45) is 23.0 Å². The van der Waals surface area contributed by atoms with Crippen LogP contribution in [0.5, 0.6) is 0 Å². The maximum Gasteiger partial charge on any atom is 0.0335 e. The van der Waals surface area contributed by atoms with E-state index in [1.807, 2.05) is 0 Å². The highest BCUT2D eigenvalue weighted by Gasteiger charge is 2.47. The molecule has 1 aromatic carbocycles. The first-order valence-corrected chi connectivity index (χ1v) is 7.34. The summed E-state index contributed by atoms with van der Waals surface area (Å²) in [5.41, 5.74) is 9.93. The van der Waals surface area contributed by atoms with Gasteiger partial charge in [0.15, 0.2) is 0 Å². The molecular formula is C17H26ClN. The van der Waals surface area contributed by atoms with Crippen LogP contribution >= 0.6 is 12.4 Å². The topological polar surface area (TPSA) is 26.0 Å². The first-order valence-electron chi connectivity index (χ1n) is 7.34. The molecule has 19 heavy (non-hydrogen) atoms. The second-order valence-electron chi connectivity index (χ2n) is 7.24. The van der Waals surface area contributed by atoms with Gasteiger partial charge in [0.05, 0.1) is 0 Å². The molecule has 4 unspecified atom stereocenters. The zero-order valence-corrected chi connectivity index (χ0v) is 13.0. The van der Waals surface area contributed by atoms with Crippen LogP contribution < -0.4 is 5.73 Å². The van der Waals surface area contributed by atoms with E-state index in [1.165, 1.54) is 24.8 Å². The summed E-state index contributed by atoms with van der Waals surface area (Å²) < 4.78 is 0. The van der Waals surface area contributed by atoms with Gasteiger partial charge in [0.1, 0.15) is 0 Å². The average Bonchev–Trinajstić information content (AvgIpc) is 2.63. The first-order chi connectivity index (χ1) is 8.50. The highest BCUT2D eigenvalue weighted by atomic mass is 35.5. The number of hydrogen-bond acceptors (Lipinski definition) is 1. The van der Waals surface area contributed by atoms with Gasteiger partial charge in [-0.3, -0.25) is 0 Å². The van der Waals surface area contributed by atoms with Crippen LogP contribution in [0.1, 0.15) is 63.1 Å². The number of nitrogens with two attached hydrogens (primary N) is 1. The first kappa shape index (κ1) is 14.9. The van der Waals surface area contributed by atoms with Crippen molar-refractivity contribution in [2.75, 3.05) is 0 Å². The van der Waals surface area contributed by atoms with Crippen molar-refractivity contribution in [1.82, 2.24) is 0 Å². The van der Waals surface area contributed by atoms with Gasteiger partial charge in [0, 0.05) is 6.04 Å². The molecule has 0 amide bonds. The van der Waals surface area contributed by atoms with Crippen molar-refractivity contribution in [2.45, 2.75) is 52.0 Å². The van der Waals surface area contributed by atoms with E-state index in [9.17, 15) is 0 Å². The van der Waals surface area contributed by atoms with Gasteiger partial charge in [-0.1, -0.05) is 51.5 Å². The van der Waals surface area contributed by atoms with E-state index < -0.39 is 0 Å². The Hall–Kier alpha value is -0.530. The molecule has 1 aromatic rings. The molecule has 0 aliphatic heterocycles. The Balaban J connectivity index is 0.00000133. The lowest BCUT2D eigenvalue weighted by atomic mass is 9.62. The maximum atomic E-state index is 6.59. The molecule has 0 spiro atoms. The Morgan fingerprint density at radius 1 is 1.05 bits per heavy atom. The summed E-state index contributed by atoms with van der Waals surface area (Å²) in [5, 5.41) is 0. The zero-order chi connectivity index (χ0) is 12.9. The lowest BCUT2D eigenvalue weighted by Gasteiger charge is -2.43. The van der Waals surface area contributed by atoms with Crippen LogP contribution in [0, 0.1) is 17.3 Å². The summed E-state index contributed by atoms with van der Waals surface area (Å²) in [5.74, 6) is 2.14. The van der Waals surface area contributed by atoms with Gasteiger partial charge in [-0.15, -0.1) is 12.4 Å². The smallest absolute Gasteiger partial charge is 0.0335 e. The lowest BCUT2D eigenvalue weighted by molar-refractivity contribution is 0.0828. The van der Waals surface area contributed by atoms with E-state index >= 15 is 0 Å². The van der Waals surface area contributed by atoms with Gasteiger partial charge in [-0.05, 0) is 47.1 Å². The van der Waals surface area contributed by atoms with Crippen LogP contribution in [-0.4, -0.2) is 0 Å². The standard InChI is InChI=1S/C17H25N.ClH/c1-17(2,3)14-10-6-9-12-11-7-4-5-8-13(11)16(18)15(12)14;/h4-5,7-8,12,14-16H,6,9-10,18H2,1-3H3;1H. The van der Waals surface area contributed by atoms with E-state index in [4.69, 9.17) is 5.73 Å². The summed E-state index contributed by atoms with van der Waals surface area (Å²) in [4.78, 5) is 0. The summed E-state index contributed by atoms with van der Waals surface area (Å²) in [6.07, 6.45) is 4.05. The van der Waals surface area contributed by atoms with E-state index in [1.54, 1.807) is 5.56 Å². The molecule has 0 saturated heterocycles. The molecule has 1 saturated carbocycles. The van der Waals surface area contributed by atoms with Gasteiger partial charge < -0.3 is 5.73 Å². The van der Waals surface area contributed by atoms with Crippen molar-refractivity contribution >= 4 is 12.4 Å². The van der Waals surface area contributed by atoms with Gasteiger partial charge in [-0.2, -0.15) is 0 Å². The van der Waals surface area contributed by atoms with Gasteiger partial charge >= 0.3 is 0 Å². The average molecular weight is 280 g/mol. The van der Waals surface area contributed by atoms with Crippen LogP contribution in [0.3, 0.4) is 0 Å². The predicted molar refractivity (Wildman–Crippen MR) is 83.6 cm³/mol. The fourth-order valence-electron chi connectivity index (χ4n) is 4.46. The minimum absolute atomic E-state index is 0. The second-order valence-corrected chi connectivity index (χ2v) is 7.24. The second kappa shape index (κ2) is 5.10. The normalized spacial score (nSPS) is 33.3. The number of halogens is 1. The van der Waals surface area contributed by atoms with Crippen LogP contribution in [-0.2, 0) is 0 Å². The fraction of sp³-hybridized carbons (Fsp3) is 0.647. The quantitative estimate of drug-likeness (QED) is 0.734. The van der Waals surface area contributed by atoms with Crippen LogP contribution in [0.25, 0.3) is 0 Å². The third kappa shape index (κ3) is 2.32. The number of fused-ring (bicyclic) bond motifs is 3. The molecule has 2 heteroatoms. The number of hydrogen-bond donors (Lipinski definition) is 1. The Labute approximate surface area is 123 Å². The van der Waals surface area contributed by atoms with E-state index in [0.717, 1.165) is 5.92 Å². The summed E-state index contributed by atoms with van der Waals surface area (Å²) in [7, 11) is 0. The zero-order valence-electron chi connectivity index (χ0n) is 12.2. The summed E-state index contributed by atoms with van der Waals surface area (Å²) >= 11 is 0. The van der Waals surface area contributed by atoms with E-state index in [0.29, 0.717) is 17.3 Å². The molecule has 2 N–H and O–H groups in total. The molecule has 2 aliphatic carbocycles. The largest absolute Gasteiger partial charge is 0.324 e. The Morgan fingerprint density at radius 3 is 2.32 bits per heavy atom. The van der Waals surface area contributed by atoms with E-state index in [-0.39, 0.29) is 18.4 Å². The number of rotatable bonds is 0. The van der Waals surface area contributed by atoms with Crippen molar-refractivity contribution in [1.29, 1.82) is 0 Å². The van der Waals surface area contributed by atoms with Gasteiger partial charge in [0.2, 0.25) is 0 Å². The Bertz CT molecular complexity index is 449. The van der Waals surface area contributed by atoms with Crippen molar-refractivity contribution in [3.8, 4) is 0 Å². The molecule has 0 aromatic heterocycles. The van der Waals surface area contributed by atoms with Crippen LogP contribution in [0.2, 0.25) is 0 Å². The lowest BCUT2D eigenvalue weighted by Crippen LogP contribution is -2.37. The SMILES string of the molecule is CC(C)(C)C1CCCC2c3ccccc3C(N)C21.Cl. The highest BCUT2D eigenvalue weighted by molar-refractivity contribution is 5.85. The molecular weight excluding hydrogens is 254 g/mol. The molecule has 2 aliphatic rings. The van der Waals surface area contributed by atoms with Crippen LogP contribution in [0.4, 0.5) is 0 Å². The highest BCUT2D eigenvalue weighted by Crippen LogP contribution is 2.57. The van der Waals surface area contributed by atoms with Crippen molar-refractivity contribution in [3.63, 3.8) is 0 Å². The molecule has 0 bridgehead atoms. The molecule has 1 fully saturated rings. The Morgan fingerprint density at radius 2 is 1.68 bits per heavy atom. The third-order valence-electron chi connectivity index (χ3n) is 5.24. The van der Waals surface area contributed by atoms with E-state index in [2.05, 4.69) is 45.0 Å².